The van der Waals surface area contributed by atoms with Gasteiger partial charge in [0.2, 0.25) is 0 Å². The molecule has 1 fully saturated rings. The minimum atomic E-state index is -2.17. The van der Waals surface area contributed by atoms with Crippen molar-refractivity contribution < 1.29 is 27.8 Å². The van der Waals surface area contributed by atoms with E-state index in [4.69, 9.17) is 34.2 Å². The van der Waals surface area contributed by atoms with Crippen LogP contribution in [0.3, 0.4) is 0 Å². The van der Waals surface area contributed by atoms with Gasteiger partial charge in [-0.3, -0.25) is 0 Å². The number of rotatable bonds is 10. The molecular weight excluding hydrogens is 452 g/mol. The van der Waals surface area contributed by atoms with Crippen molar-refractivity contribution in [1.29, 1.82) is 0 Å². The van der Waals surface area contributed by atoms with Gasteiger partial charge in [-0.25, -0.2) is 0 Å². The first-order valence-corrected chi connectivity index (χ1v) is 17.7. The molecule has 1 aliphatic rings. The van der Waals surface area contributed by atoms with E-state index in [9.17, 15) is 0 Å². The molecule has 4 atom stereocenters. The number of hydrogen-bond acceptors (Lipinski definition) is 6. The highest BCUT2D eigenvalue weighted by molar-refractivity contribution is 6.74. The first-order valence-electron chi connectivity index (χ1n) is 11.9. The van der Waals surface area contributed by atoms with Crippen LogP contribution in [-0.4, -0.2) is 66.8 Å². The lowest BCUT2D eigenvalue weighted by atomic mass is 9.92. The Balaban J connectivity index is 3.41. The van der Waals surface area contributed by atoms with Crippen LogP contribution < -0.4 is 0 Å². The van der Waals surface area contributed by atoms with Crippen LogP contribution in [0.2, 0.25) is 36.3 Å². The van der Waals surface area contributed by atoms with Crippen molar-refractivity contribution in [2.24, 2.45) is 0 Å². The van der Waals surface area contributed by atoms with Gasteiger partial charge in [0, 0.05) is 7.11 Å². The first-order chi connectivity index (χ1) is 14.6. The molecule has 0 spiro atoms. The quantitative estimate of drug-likeness (QED) is 0.210. The molecule has 0 unspecified atom stereocenters. The van der Waals surface area contributed by atoms with Gasteiger partial charge < -0.3 is 27.8 Å². The summed E-state index contributed by atoms with van der Waals surface area (Å²) in [4.78, 5) is 0. The van der Waals surface area contributed by atoms with Crippen molar-refractivity contribution in [3.8, 4) is 12.3 Å². The zero-order chi connectivity index (χ0) is 26.1. The fourth-order valence-corrected chi connectivity index (χ4v) is 5.46. The van der Waals surface area contributed by atoms with E-state index in [2.05, 4.69) is 73.7 Å². The van der Waals surface area contributed by atoms with E-state index in [1.807, 2.05) is 20.8 Å². The van der Waals surface area contributed by atoms with Gasteiger partial charge in [0.1, 0.15) is 19.0 Å². The second-order valence-electron chi connectivity index (χ2n) is 12.8. The summed E-state index contributed by atoms with van der Waals surface area (Å²) in [5.74, 6) is 1.95. The Bertz CT molecular complexity index is 686. The topological polar surface area (TPSA) is 55.4 Å². The average molecular weight is 503 g/mol. The monoisotopic (exact) mass is 502 g/mol. The van der Waals surface area contributed by atoms with Gasteiger partial charge in [0.15, 0.2) is 28.0 Å². The summed E-state index contributed by atoms with van der Waals surface area (Å²) in [6.45, 7) is 28.5. The molecule has 0 N–H and O–H groups in total. The molecular formula is C25H50O6Si2. The third kappa shape index (κ3) is 7.62. The Morgan fingerprint density at radius 2 is 1.45 bits per heavy atom. The lowest BCUT2D eigenvalue weighted by molar-refractivity contribution is -0.183. The molecule has 33 heavy (non-hydrogen) atoms. The zero-order valence-electron chi connectivity index (χ0n) is 23.7. The molecule has 6 nitrogen and oxygen atoms in total. The molecule has 1 heterocycles. The second kappa shape index (κ2) is 10.4. The Morgan fingerprint density at radius 3 is 1.88 bits per heavy atom. The van der Waals surface area contributed by atoms with Gasteiger partial charge in [-0.1, -0.05) is 47.5 Å². The lowest BCUT2D eigenvalue weighted by Gasteiger charge is -2.44. The molecule has 0 amide bonds. The molecule has 0 aliphatic carbocycles. The second-order valence-corrected chi connectivity index (χ2v) is 22.4. The molecule has 0 bridgehead atoms. The van der Waals surface area contributed by atoms with Crippen LogP contribution in [0.15, 0.2) is 0 Å². The van der Waals surface area contributed by atoms with Crippen LogP contribution in [0.1, 0.15) is 62.3 Å². The summed E-state index contributed by atoms with van der Waals surface area (Å²) >= 11 is 0. The largest absolute Gasteiger partial charge is 0.414 e. The van der Waals surface area contributed by atoms with Crippen LogP contribution in [0.5, 0.6) is 0 Å². The van der Waals surface area contributed by atoms with Crippen LogP contribution >= 0.6 is 0 Å². The predicted octanol–water partition coefficient (Wildman–Crippen LogP) is 5.93. The summed E-state index contributed by atoms with van der Waals surface area (Å²) in [5, 5.41) is 0.101. The molecule has 8 heteroatoms. The summed E-state index contributed by atoms with van der Waals surface area (Å²) in [6, 6.07) is 0. The lowest BCUT2D eigenvalue weighted by Crippen LogP contribution is -2.57. The third-order valence-electron chi connectivity index (χ3n) is 7.47. The van der Waals surface area contributed by atoms with E-state index in [1.54, 1.807) is 7.11 Å². The van der Waals surface area contributed by atoms with Gasteiger partial charge >= 0.3 is 0 Å². The van der Waals surface area contributed by atoms with Gasteiger partial charge in [-0.15, -0.1) is 6.42 Å². The van der Waals surface area contributed by atoms with E-state index >= 15 is 0 Å². The molecule has 1 aliphatic heterocycles. The fraction of sp³-hybridized carbons (Fsp3) is 0.920. The summed E-state index contributed by atoms with van der Waals surface area (Å²) < 4.78 is 37.5. The van der Waals surface area contributed by atoms with Gasteiger partial charge in [-0.2, -0.15) is 0 Å². The minimum absolute atomic E-state index is 0.0225. The van der Waals surface area contributed by atoms with Gasteiger partial charge in [0.05, 0.1) is 12.7 Å². The van der Waals surface area contributed by atoms with Crippen molar-refractivity contribution in [1.82, 2.24) is 0 Å². The number of methoxy groups -OCH3 is 1. The Hall–Kier alpha value is -0.246. The molecule has 0 radical (unpaired) electrons. The number of terminal acetylenes is 1. The highest BCUT2D eigenvalue weighted by Crippen LogP contribution is 2.43. The number of hydrogen-bond donors (Lipinski definition) is 0. The van der Waals surface area contributed by atoms with Crippen molar-refractivity contribution >= 4 is 16.6 Å². The number of ether oxygens (including phenoxy) is 4. The summed E-state index contributed by atoms with van der Waals surface area (Å²) in [7, 11) is -2.62. The van der Waals surface area contributed by atoms with Crippen molar-refractivity contribution in [3.63, 3.8) is 0 Å². The van der Waals surface area contributed by atoms with E-state index < -0.39 is 40.2 Å². The molecule has 0 aromatic carbocycles. The Morgan fingerprint density at radius 1 is 0.939 bits per heavy atom. The minimum Gasteiger partial charge on any atom is -0.414 e. The zero-order valence-corrected chi connectivity index (χ0v) is 25.7. The highest BCUT2D eigenvalue weighted by Gasteiger charge is 2.56. The van der Waals surface area contributed by atoms with Crippen LogP contribution in [0.25, 0.3) is 0 Å². The van der Waals surface area contributed by atoms with Crippen molar-refractivity contribution in [2.45, 2.75) is 128 Å². The van der Waals surface area contributed by atoms with Crippen molar-refractivity contribution in [3.05, 3.63) is 0 Å². The maximum atomic E-state index is 6.94. The normalized spacial score (nSPS) is 24.9. The van der Waals surface area contributed by atoms with E-state index in [0.29, 0.717) is 6.61 Å². The van der Waals surface area contributed by atoms with Crippen LogP contribution in [0, 0.1) is 12.3 Å². The maximum Gasteiger partial charge on any atom is 0.192 e. The first kappa shape index (κ1) is 30.8. The average Bonchev–Trinajstić information content (AvgIpc) is 2.97. The Kier molecular flexibility index (Phi) is 9.70. The predicted molar refractivity (Wildman–Crippen MR) is 139 cm³/mol. The maximum absolute atomic E-state index is 6.94. The molecule has 1 saturated heterocycles. The van der Waals surface area contributed by atoms with E-state index in [1.165, 1.54) is 0 Å². The van der Waals surface area contributed by atoms with Crippen molar-refractivity contribution in [2.75, 3.05) is 20.5 Å². The Labute approximate surface area is 205 Å². The molecule has 0 saturated carbocycles. The third-order valence-corrected chi connectivity index (χ3v) is 16.5. The smallest absolute Gasteiger partial charge is 0.192 e. The summed E-state index contributed by atoms with van der Waals surface area (Å²) in [5.41, 5.74) is -1.06. The SMILES string of the molecule is C#C[C@@](C)(OCOC)[C@@H]1OC(C)(C)O[C@@H]1[C@@H](CO[Si](C)(C)C(C)(C)C)O[Si](C)(C)C(C)(C)C. The van der Waals surface area contributed by atoms with Gasteiger partial charge in [0.25, 0.3) is 0 Å². The van der Waals surface area contributed by atoms with E-state index in [-0.39, 0.29) is 23.0 Å². The van der Waals surface area contributed by atoms with Crippen LogP contribution in [-0.2, 0) is 27.8 Å². The molecule has 0 aromatic heterocycles. The van der Waals surface area contributed by atoms with E-state index in [0.717, 1.165) is 0 Å². The fourth-order valence-electron chi connectivity index (χ4n) is 3.13. The standard InChI is InChI=1S/C25H50O6Si2/c1-16-25(10,27-18-26-11)21-20(29-24(8,9)30-21)19(31-33(14,15)23(5,6)7)17-28-32(12,13)22(2,3)4/h1,19-21H,17-18H2,2-15H3/t19-,20-,21-,25-/m1/s1. The molecule has 0 aromatic rings. The van der Waals surface area contributed by atoms with Crippen LogP contribution in [0.4, 0.5) is 0 Å². The molecule has 1 rings (SSSR count). The molecule has 194 valence electrons. The highest BCUT2D eigenvalue weighted by atomic mass is 28.4. The van der Waals surface area contributed by atoms with Gasteiger partial charge in [-0.05, 0) is 57.0 Å². The summed E-state index contributed by atoms with van der Waals surface area (Å²) in [6.07, 6.45) is 4.59.